The molecule has 0 aromatic heterocycles. The van der Waals surface area contributed by atoms with Crippen LogP contribution in [0.5, 0.6) is 0 Å². The van der Waals surface area contributed by atoms with E-state index in [9.17, 15) is 18.0 Å². The second-order valence-electron chi connectivity index (χ2n) is 7.34. The van der Waals surface area contributed by atoms with E-state index >= 15 is 0 Å². The first kappa shape index (κ1) is 16.9. The molecular weight excluding hydrogens is 307 g/mol. The van der Waals surface area contributed by atoms with Crippen molar-refractivity contribution in [2.75, 3.05) is 32.7 Å². The highest BCUT2D eigenvalue weighted by Crippen LogP contribution is 2.37. The molecule has 0 aromatic rings. The van der Waals surface area contributed by atoms with E-state index in [4.69, 9.17) is 0 Å². The van der Waals surface area contributed by atoms with Crippen LogP contribution in [-0.2, 0) is 0 Å². The van der Waals surface area contributed by atoms with Gasteiger partial charge in [-0.15, -0.1) is 0 Å². The monoisotopic (exact) mass is 333 g/mol. The lowest BCUT2D eigenvalue weighted by molar-refractivity contribution is -0.148. The molecule has 1 aliphatic carbocycles. The van der Waals surface area contributed by atoms with E-state index in [0.717, 1.165) is 38.6 Å². The van der Waals surface area contributed by atoms with Crippen LogP contribution < -0.4 is 5.32 Å². The second-order valence-corrected chi connectivity index (χ2v) is 7.34. The van der Waals surface area contributed by atoms with Crippen LogP contribution in [0.3, 0.4) is 0 Å². The minimum Gasteiger partial charge on any atom is -0.338 e. The summed E-state index contributed by atoms with van der Waals surface area (Å²) in [6.45, 7) is 1.75. The smallest absolute Gasteiger partial charge is 0.338 e. The van der Waals surface area contributed by atoms with Gasteiger partial charge >= 0.3 is 12.2 Å². The Hall–Kier alpha value is -0.980. The third kappa shape index (κ3) is 4.52. The largest absolute Gasteiger partial charge is 0.401 e. The highest BCUT2D eigenvalue weighted by Gasteiger charge is 2.40. The highest BCUT2D eigenvalue weighted by molar-refractivity contribution is 5.75. The molecule has 0 radical (unpaired) electrons. The van der Waals surface area contributed by atoms with E-state index in [1.165, 1.54) is 11.3 Å². The van der Waals surface area contributed by atoms with Crippen LogP contribution in [0.25, 0.3) is 0 Å². The molecule has 2 amide bonds. The number of piperidine rings is 2. The Morgan fingerprint density at radius 1 is 1.13 bits per heavy atom. The number of rotatable bonds is 4. The SMILES string of the molecule is O=C(NCCC1CCN(CC(F)(F)F)CC1)N1C[C@@H]2CC[C@@H]1C2. The number of amides is 2. The molecule has 2 aliphatic heterocycles. The third-order valence-corrected chi connectivity index (χ3v) is 5.61. The molecule has 2 atom stereocenters. The number of hydrogen-bond donors (Lipinski definition) is 1. The molecule has 132 valence electrons. The number of nitrogens with zero attached hydrogens (tertiary/aromatic N) is 2. The van der Waals surface area contributed by atoms with Crippen molar-refractivity contribution in [3.63, 3.8) is 0 Å². The Balaban J connectivity index is 1.30. The van der Waals surface area contributed by atoms with Gasteiger partial charge in [0.2, 0.25) is 0 Å². The fourth-order valence-corrected chi connectivity index (χ4v) is 4.34. The van der Waals surface area contributed by atoms with E-state index in [1.807, 2.05) is 4.90 Å². The first-order valence-corrected chi connectivity index (χ1v) is 8.74. The zero-order chi connectivity index (χ0) is 16.4. The van der Waals surface area contributed by atoms with Crippen molar-refractivity contribution in [2.45, 2.75) is 50.7 Å². The van der Waals surface area contributed by atoms with Gasteiger partial charge in [-0.2, -0.15) is 13.2 Å². The fourth-order valence-electron chi connectivity index (χ4n) is 4.34. The lowest BCUT2D eigenvalue weighted by Gasteiger charge is -2.32. The molecule has 4 nitrogen and oxygen atoms in total. The summed E-state index contributed by atoms with van der Waals surface area (Å²) in [5.41, 5.74) is 0. The summed E-state index contributed by atoms with van der Waals surface area (Å²) in [6, 6.07) is 0.484. The Morgan fingerprint density at radius 3 is 2.43 bits per heavy atom. The lowest BCUT2D eigenvalue weighted by atomic mass is 9.93. The van der Waals surface area contributed by atoms with Crippen LogP contribution in [0.2, 0.25) is 0 Å². The Kier molecular flexibility index (Phi) is 5.04. The van der Waals surface area contributed by atoms with Gasteiger partial charge in [-0.1, -0.05) is 0 Å². The molecule has 0 spiro atoms. The van der Waals surface area contributed by atoms with Crippen molar-refractivity contribution < 1.29 is 18.0 Å². The van der Waals surface area contributed by atoms with Crippen molar-refractivity contribution in [3.05, 3.63) is 0 Å². The number of urea groups is 1. The van der Waals surface area contributed by atoms with Gasteiger partial charge in [0.05, 0.1) is 6.54 Å². The Labute approximate surface area is 135 Å². The van der Waals surface area contributed by atoms with Gasteiger partial charge in [0.1, 0.15) is 0 Å². The number of fused-ring (bicyclic) bond motifs is 2. The van der Waals surface area contributed by atoms with Gasteiger partial charge in [-0.25, -0.2) is 4.79 Å². The third-order valence-electron chi connectivity index (χ3n) is 5.61. The predicted molar refractivity (Wildman–Crippen MR) is 81.1 cm³/mol. The summed E-state index contributed by atoms with van der Waals surface area (Å²) in [5.74, 6) is 1.12. The van der Waals surface area contributed by atoms with Crippen molar-refractivity contribution in [1.29, 1.82) is 0 Å². The number of likely N-dealkylation sites (tertiary alicyclic amines) is 2. The standard InChI is InChI=1S/C16H26F3N3O/c17-16(18,19)11-21-7-4-12(5-8-21)3-6-20-15(23)22-10-13-1-2-14(22)9-13/h12-14H,1-11H2,(H,20,23)/t13-,14-/m1/s1. The molecular formula is C16H26F3N3O. The molecule has 3 aliphatic rings. The maximum absolute atomic E-state index is 12.3. The van der Waals surface area contributed by atoms with Crippen LogP contribution in [0.15, 0.2) is 0 Å². The van der Waals surface area contributed by atoms with E-state index in [1.54, 1.807) is 0 Å². The summed E-state index contributed by atoms with van der Waals surface area (Å²) < 4.78 is 37.0. The quantitative estimate of drug-likeness (QED) is 0.859. The normalized spacial score (nSPS) is 29.3. The number of carbonyl (C=O) groups is 1. The minimum absolute atomic E-state index is 0.0479. The van der Waals surface area contributed by atoms with Gasteiger partial charge in [0.25, 0.3) is 0 Å². The summed E-state index contributed by atoms with van der Waals surface area (Å²) in [6.07, 6.45) is 1.90. The maximum atomic E-state index is 12.3. The molecule has 0 unspecified atom stereocenters. The summed E-state index contributed by atoms with van der Waals surface area (Å²) in [5, 5.41) is 3.00. The predicted octanol–water partition coefficient (Wildman–Crippen LogP) is 2.84. The number of halogens is 3. The van der Waals surface area contributed by atoms with E-state index in [0.29, 0.717) is 37.5 Å². The lowest BCUT2D eigenvalue weighted by Crippen LogP contribution is -2.45. The molecule has 2 heterocycles. The summed E-state index contributed by atoms with van der Waals surface area (Å²) in [7, 11) is 0. The Morgan fingerprint density at radius 2 is 1.87 bits per heavy atom. The number of carbonyl (C=O) groups excluding carboxylic acids is 1. The van der Waals surface area contributed by atoms with E-state index in [-0.39, 0.29) is 6.03 Å². The molecule has 3 rings (SSSR count). The molecule has 3 fully saturated rings. The zero-order valence-corrected chi connectivity index (χ0v) is 13.4. The molecule has 0 aromatic carbocycles. The van der Waals surface area contributed by atoms with Gasteiger partial charge in [0.15, 0.2) is 0 Å². The average molecular weight is 333 g/mol. The van der Waals surface area contributed by atoms with E-state index in [2.05, 4.69) is 5.32 Å². The molecule has 1 saturated carbocycles. The summed E-state index contributed by atoms with van der Waals surface area (Å²) in [4.78, 5) is 15.6. The molecule has 1 N–H and O–H groups in total. The van der Waals surface area contributed by atoms with Crippen molar-refractivity contribution in [2.24, 2.45) is 11.8 Å². The fraction of sp³-hybridized carbons (Fsp3) is 0.938. The second kappa shape index (κ2) is 6.87. The van der Waals surface area contributed by atoms with Crippen LogP contribution >= 0.6 is 0 Å². The molecule has 2 saturated heterocycles. The first-order valence-electron chi connectivity index (χ1n) is 8.74. The van der Waals surface area contributed by atoms with Crippen LogP contribution in [0.1, 0.15) is 38.5 Å². The van der Waals surface area contributed by atoms with Gasteiger partial charge in [-0.05, 0) is 63.5 Å². The summed E-state index contributed by atoms with van der Waals surface area (Å²) >= 11 is 0. The van der Waals surface area contributed by atoms with Gasteiger partial charge in [0, 0.05) is 19.1 Å². The minimum atomic E-state index is -4.10. The highest BCUT2D eigenvalue weighted by atomic mass is 19.4. The Bertz CT molecular complexity index is 421. The number of hydrogen-bond acceptors (Lipinski definition) is 2. The van der Waals surface area contributed by atoms with Crippen molar-refractivity contribution in [1.82, 2.24) is 15.1 Å². The maximum Gasteiger partial charge on any atom is 0.401 e. The van der Waals surface area contributed by atoms with Crippen LogP contribution in [0.4, 0.5) is 18.0 Å². The zero-order valence-electron chi connectivity index (χ0n) is 13.4. The number of alkyl halides is 3. The van der Waals surface area contributed by atoms with Crippen LogP contribution in [0, 0.1) is 11.8 Å². The molecule has 2 bridgehead atoms. The van der Waals surface area contributed by atoms with Crippen molar-refractivity contribution >= 4 is 6.03 Å². The first-order chi connectivity index (χ1) is 10.9. The van der Waals surface area contributed by atoms with Gasteiger partial charge < -0.3 is 10.2 Å². The number of nitrogens with one attached hydrogen (secondary N) is 1. The van der Waals surface area contributed by atoms with Gasteiger partial charge in [-0.3, -0.25) is 4.90 Å². The topological polar surface area (TPSA) is 35.6 Å². The van der Waals surface area contributed by atoms with Crippen molar-refractivity contribution in [3.8, 4) is 0 Å². The molecule has 7 heteroatoms. The molecule has 23 heavy (non-hydrogen) atoms. The van der Waals surface area contributed by atoms with Crippen LogP contribution in [-0.4, -0.2) is 60.8 Å². The average Bonchev–Trinajstić information content (AvgIpc) is 3.10. The van der Waals surface area contributed by atoms with E-state index < -0.39 is 12.7 Å².